The number of imidazole rings is 2. The van der Waals surface area contributed by atoms with Crippen LogP contribution in [0.25, 0.3) is 33.6 Å². The number of rotatable bonds is 10. The van der Waals surface area contributed by atoms with E-state index in [2.05, 4.69) is 25.9 Å². The SMILES string of the molecule is COC(=O)N[C@H](C(=O)N1CCC[C@H]1c1ncc(-c2ccc3c(c2)NC(=O)COCCOCCOc2cc(-c4cnc([C@@H]5CCCN5C(=O)[C@@H](NC(=O)OC)C(C)C)[nH]4)ccc2-3)[nH]1)C(C)C. The minimum absolute atomic E-state index is 0.161. The first-order valence-electron chi connectivity index (χ1n) is 22.1. The summed E-state index contributed by atoms with van der Waals surface area (Å²) in [5.74, 6) is 0.709. The van der Waals surface area contributed by atoms with Crippen molar-refractivity contribution in [3.05, 3.63) is 60.4 Å². The normalized spacial score (nSPS) is 19.0. The zero-order valence-electron chi connectivity index (χ0n) is 37.7. The Balaban J connectivity index is 1.17. The average molecular weight is 898 g/mol. The van der Waals surface area contributed by atoms with Gasteiger partial charge in [-0.05, 0) is 55.7 Å². The quantitative estimate of drug-likeness (QED) is 0.131. The summed E-state index contributed by atoms with van der Waals surface area (Å²) in [4.78, 5) is 84.9. The predicted octanol–water partition coefficient (Wildman–Crippen LogP) is 5.59. The highest BCUT2D eigenvalue weighted by molar-refractivity contribution is 5.98. The van der Waals surface area contributed by atoms with Crippen molar-refractivity contribution in [2.24, 2.45) is 11.8 Å². The van der Waals surface area contributed by atoms with E-state index in [4.69, 9.17) is 33.7 Å². The number of likely N-dealkylation sites (tertiary alicyclic amines) is 2. The lowest BCUT2D eigenvalue weighted by Crippen LogP contribution is -2.51. The second-order valence-corrected chi connectivity index (χ2v) is 17.0. The zero-order chi connectivity index (χ0) is 46.2. The third-order valence-electron chi connectivity index (χ3n) is 12.0. The molecule has 3 aliphatic rings. The largest absolute Gasteiger partial charge is 0.491 e. The van der Waals surface area contributed by atoms with Crippen LogP contribution in [0.2, 0.25) is 0 Å². The molecule has 3 aliphatic heterocycles. The summed E-state index contributed by atoms with van der Waals surface area (Å²) in [6.07, 6.45) is 5.08. The van der Waals surface area contributed by atoms with Crippen molar-refractivity contribution in [1.29, 1.82) is 0 Å². The molecular formula is C46H59N9O10. The second-order valence-electron chi connectivity index (χ2n) is 17.0. The van der Waals surface area contributed by atoms with Gasteiger partial charge in [0.1, 0.15) is 42.7 Å². The van der Waals surface area contributed by atoms with E-state index in [1.165, 1.54) is 14.2 Å². The maximum absolute atomic E-state index is 13.8. The van der Waals surface area contributed by atoms with Crippen molar-refractivity contribution in [3.63, 3.8) is 0 Å². The Morgan fingerprint density at radius 3 is 1.75 bits per heavy atom. The number of nitrogens with one attached hydrogen (secondary N) is 5. The Morgan fingerprint density at radius 2 is 1.22 bits per heavy atom. The first-order valence-corrected chi connectivity index (χ1v) is 22.1. The van der Waals surface area contributed by atoms with Gasteiger partial charge >= 0.3 is 12.2 Å². The summed E-state index contributed by atoms with van der Waals surface area (Å²) in [6.45, 7) is 9.41. The van der Waals surface area contributed by atoms with Gasteiger partial charge in [-0.1, -0.05) is 45.9 Å². The molecule has 0 saturated carbocycles. The van der Waals surface area contributed by atoms with Gasteiger partial charge in [0.05, 0.1) is 69.9 Å². The van der Waals surface area contributed by atoms with E-state index in [9.17, 15) is 24.0 Å². The van der Waals surface area contributed by atoms with Crippen molar-refractivity contribution >= 4 is 35.6 Å². The van der Waals surface area contributed by atoms with Crippen molar-refractivity contribution in [1.82, 2.24) is 40.4 Å². The number of H-pyrrole nitrogens is 2. The summed E-state index contributed by atoms with van der Waals surface area (Å²) in [7, 11) is 2.54. The van der Waals surface area contributed by atoms with E-state index < -0.39 is 24.3 Å². The van der Waals surface area contributed by atoms with Crippen molar-refractivity contribution in [2.75, 3.05) is 65.7 Å². The van der Waals surface area contributed by atoms with Gasteiger partial charge in [0.15, 0.2) is 0 Å². The van der Waals surface area contributed by atoms with Crippen molar-refractivity contribution in [2.45, 2.75) is 77.5 Å². The first kappa shape index (κ1) is 46.5. The fraction of sp³-hybridized carbons (Fsp3) is 0.500. The molecule has 5 amide bonds. The van der Waals surface area contributed by atoms with Crippen LogP contribution in [0.4, 0.5) is 15.3 Å². The molecule has 5 N–H and O–H groups in total. The van der Waals surface area contributed by atoms with E-state index in [1.807, 2.05) is 64.1 Å². The van der Waals surface area contributed by atoms with Gasteiger partial charge in [0.25, 0.3) is 0 Å². The molecule has 19 nitrogen and oxygen atoms in total. The molecule has 5 heterocycles. The molecule has 0 spiro atoms. The average Bonchev–Trinajstić information content (AvgIpc) is 4.15. The first-order chi connectivity index (χ1) is 31.4. The molecule has 4 aromatic rings. The molecule has 0 aliphatic carbocycles. The summed E-state index contributed by atoms with van der Waals surface area (Å²) in [5.41, 5.74) is 4.84. The third-order valence-corrected chi connectivity index (χ3v) is 12.0. The Bertz CT molecular complexity index is 2340. The van der Waals surface area contributed by atoms with Crippen LogP contribution in [-0.4, -0.2) is 132 Å². The summed E-state index contributed by atoms with van der Waals surface area (Å²) in [6, 6.07) is 9.33. The Hall–Kier alpha value is -6.47. The van der Waals surface area contributed by atoms with Crippen LogP contribution in [0.5, 0.6) is 5.75 Å². The van der Waals surface area contributed by atoms with Crippen LogP contribution in [0.1, 0.15) is 77.1 Å². The van der Waals surface area contributed by atoms with Gasteiger partial charge in [0, 0.05) is 41.0 Å². The van der Waals surface area contributed by atoms with Crippen LogP contribution >= 0.6 is 0 Å². The van der Waals surface area contributed by atoms with Crippen LogP contribution in [0.15, 0.2) is 48.8 Å². The van der Waals surface area contributed by atoms with Gasteiger partial charge in [-0.2, -0.15) is 0 Å². The molecular weight excluding hydrogens is 839 g/mol. The highest BCUT2D eigenvalue weighted by Gasteiger charge is 2.39. The predicted molar refractivity (Wildman–Crippen MR) is 239 cm³/mol. The number of hydrogen-bond donors (Lipinski definition) is 5. The smallest absolute Gasteiger partial charge is 0.407 e. The number of fused-ring (bicyclic) bond motifs is 3. The summed E-state index contributed by atoms with van der Waals surface area (Å²) >= 11 is 0. The maximum atomic E-state index is 13.8. The van der Waals surface area contributed by atoms with Gasteiger partial charge in [-0.3, -0.25) is 14.4 Å². The molecule has 2 saturated heterocycles. The lowest BCUT2D eigenvalue weighted by Gasteiger charge is -2.30. The van der Waals surface area contributed by atoms with Crippen molar-refractivity contribution in [3.8, 4) is 39.4 Å². The summed E-state index contributed by atoms with van der Waals surface area (Å²) in [5, 5.41) is 8.42. The van der Waals surface area contributed by atoms with Crippen LogP contribution in [0.3, 0.4) is 0 Å². The number of aromatic nitrogens is 4. The number of anilines is 1. The molecule has 2 aromatic heterocycles. The van der Waals surface area contributed by atoms with E-state index >= 15 is 0 Å². The van der Waals surface area contributed by atoms with Gasteiger partial charge in [0.2, 0.25) is 17.7 Å². The molecule has 0 radical (unpaired) electrons. The molecule has 2 aromatic carbocycles. The molecule has 7 rings (SSSR count). The molecule has 0 bridgehead atoms. The minimum atomic E-state index is -0.761. The number of hydrogen-bond acceptors (Lipinski definition) is 12. The fourth-order valence-corrected chi connectivity index (χ4v) is 8.55. The van der Waals surface area contributed by atoms with E-state index in [-0.39, 0.29) is 68.1 Å². The molecule has 4 atom stereocenters. The number of aromatic amines is 2. The van der Waals surface area contributed by atoms with E-state index in [0.717, 1.165) is 24.0 Å². The van der Waals surface area contributed by atoms with Crippen LogP contribution in [-0.2, 0) is 33.3 Å². The van der Waals surface area contributed by atoms with Crippen molar-refractivity contribution < 1.29 is 47.7 Å². The Kier molecular flexibility index (Phi) is 15.0. The van der Waals surface area contributed by atoms with Crippen LogP contribution in [0, 0.1) is 11.8 Å². The molecule has 65 heavy (non-hydrogen) atoms. The number of alkyl carbamates (subject to hydrolysis) is 2. The highest BCUT2D eigenvalue weighted by atomic mass is 16.6. The monoisotopic (exact) mass is 897 g/mol. The van der Waals surface area contributed by atoms with E-state index in [0.29, 0.717) is 78.1 Å². The number of methoxy groups -OCH3 is 2. The molecule has 0 unspecified atom stereocenters. The Morgan fingerprint density at radius 1 is 0.708 bits per heavy atom. The maximum Gasteiger partial charge on any atom is 0.407 e. The highest BCUT2D eigenvalue weighted by Crippen LogP contribution is 2.41. The number of benzene rings is 2. The molecule has 348 valence electrons. The lowest BCUT2D eigenvalue weighted by molar-refractivity contribution is -0.136. The topological polar surface area (TPSA) is 231 Å². The van der Waals surface area contributed by atoms with Gasteiger partial charge in [-0.25, -0.2) is 19.6 Å². The van der Waals surface area contributed by atoms with E-state index in [1.54, 1.807) is 22.2 Å². The van der Waals surface area contributed by atoms with Gasteiger partial charge in [-0.15, -0.1) is 0 Å². The number of carbonyl (C=O) groups is 5. The van der Waals surface area contributed by atoms with Gasteiger partial charge < -0.3 is 59.4 Å². The number of carbonyl (C=O) groups excluding carboxylic acids is 5. The molecule has 2 fully saturated rings. The standard InChI is InChI=1S/C46H59N9O10/c1-26(2)39(52-45(59)61-5)43(57)54-15-7-9-35(54)41-47-23-33(50-41)28-11-13-30-31-14-12-29(22-37(31)65-20-19-63-17-18-64-25-38(56)49-32(30)21-28)34-24-48-42(51-34)36-10-8-16-55(36)44(58)40(27(3)4)53-46(60)62-6/h11-14,21-24,26-27,35-36,39-40H,7-10,15-20,25H2,1-6H3,(H,47,50)(H,48,51)(H,49,56)(H,52,59)(H,53,60)/t35-,36-,39-,40-/m0/s1. The summed E-state index contributed by atoms with van der Waals surface area (Å²) < 4.78 is 27.3. The minimum Gasteiger partial charge on any atom is -0.491 e. The fourth-order valence-electron chi connectivity index (χ4n) is 8.55. The third kappa shape index (κ3) is 10.7. The lowest BCUT2D eigenvalue weighted by atomic mass is 9.97. The Labute approximate surface area is 377 Å². The molecule has 19 heteroatoms. The number of nitrogens with zero attached hydrogens (tertiary/aromatic N) is 4. The number of amides is 5. The number of ether oxygens (including phenoxy) is 5. The second kappa shape index (κ2) is 21.0. The zero-order valence-corrected chi connectivity index (χ0v) is 37.7. The van der Waals surface area contributed by atoms with Crippen LogP contribution < -0.4 is 20.7 Å².